The van der Waals surface area contributed by atoms with Gasteiger partial charge < -0.3 is 0 Å². The number of benzene rings is 1. The molecule has 1 aromatic carbocycles. The van der Waals surface area contributed by atoms with Gasteiger partial charge in [0.1, 0.15) is 0 Å². The first-order chi connectivity index (χ1) is 16.1. The van der Waals surface area contributed by atoms with Crippen molar-refractivity contribution in [1.29, 1.82) is 0 Å². The first kappa shape index (κ1) is 24.8. The summed E-state index contributed by atoms with van der Waals surface area (Å²) in [6, 6.07) is 5.83. The summed E-state index contributed by atoms with van der Waals surface area (Å²) in [5.74, 6) is 0. The number of alkyl halides is 3. The molecule has 3 aromatic rings. The molecule has 1 radical (unpaired) electrons. The van der Waals surface area contributed by atoms with Crippen molar-refractivity contribution in [3.8, 4) is 11.3 Å². The van der Waals surface area contributed by atoms with Gasteiger partial charge in [0.05, 0.1) is 0 Å². The predicted octanol–water partition coefficient (Wildman–Crippen LogP) is 3.31. The van der Waals surface area contributed by atoms with Crippen LogP contribution in [0.1, 0.15) is 28.8 Å². The summed E-state index contributed by atoms with van der Waals surface area (Å²) in [5.41, 5.74) is 3.76. The number of rotatable bonds is 6. The minimum absolute atomic E-state index is 0.320. The SMILES string of the molecule is Cc1ncc(CCCN(C)C)cc1[As]c1ncc2c(n1)-c1ccc(C(F)(F)F)cc1NC(=S)C2. The van der Waals surface area contributed by atoms with Crippen molar-refractivity contribution in [2.75, 3.05) is 26.0 Å². The Labute approximate surface area is 208 Å². The normalized spacial score (nSPS) is 13.7. The van der Waals surface area contributed by atoms with Crippen molar-refractivity contribution in [2.24, 2.45) is 0 Å². The molecule has 34 heavy (non-hydrogen) atoms. The van der Waals surface area contributed by atoms with E-state index in [0.29, 0.717) is 33.0 Å². The monoisotopic (exact) mass is 546 g/mol. The molecule has 177 valence electrons. The fourth-order valence-corrected chi connectivity index (χ4v) is 5.95. The zero-order valence-electron chi connectivity index (χ0n) is 19.1. The van der Waals surface area contributed by atoms with Crippen molar-refractivity contribution in [1.82, 2.24) is 19.9 Å². The molecule has 1 aliphatic heterocycles. The summed E-state index contributed by atoms with van der Waals surface area (Å²) in [6.45, 7) is 2.99. The first-order valence-corrected chi connectivity index (χ1v) is 13.1. The number of hydrogen-bond acceptors (Lipinski definition) is 5. The number of halogens is 3. The molecule has 0 spiro atoms. The van der Waals surface area contributed by atoms with Crippen LogP contribution in [-0.2, 0) is 19.0 Å². The Bertz CT molecular complexity index is 1230. The summed E-state index contributed by atoms with van der Waals surface area (Å²) in [6.07, 6.45) is 1.61. The molecule has 0 atom stereocenters. The van der Waals surface area contributed by atoms with Crippen LogP contribution in [0.4, 0.5) is 18.9 Å². The van der Waals surface area contributed by atoms with Crippen LogP contribution >= 0.6 is 12.2 Å². The standard InChI is InChI=1S/C24H24AsF3N5S/c1-14-19(9-15(12-29-14)5-4-8-33(2)3)25-23-30-13-16-10-21(34)31-20-11-17(24(26,27)28)6-7-18(20)22(16)32-23/h6-7,9,11-13H,4-5,8,10H2,1-3H3,(H,31,34). The summed E-state index contributed by atoms with van der Waals surface area (Å²) in [5, 5.41) is 2.95. The second-order valence-corrected chi connectivity index (χ2v) is 11.3. The third kappa shape index (κ3) is 5.82. The molecule has 4 rings (SSSR count). The van der Waals surface area contributed by atoms with Crippen molar-refractivity contribution in [3.05, 3.63) is 59.0 Å². The van der Waals surface area contributed by atoms with Gasteiger partial charge in [0.25, 0.3) is 0 Å². The van der Waals surface area contributed by atoms with Gasteiger partial charge in [-0.2, -0.15) is 0 Å². The number of pyridine rings is 1. The maximum atomic E-state index is 13.3. The molecule has 1 aliphatic rings. The average molecular weight is 546 g/mol. The molecule has 3 heterocycles. The van der Waals surface area contributed by atoms with Crippen molar-refractivity contribution in [2.45, 2.75) is 32.4 Å². The Morgan fingerprint density at radius 2 is 1.94 bits per heavy atom. The Morgan fingerprint density at radius 1 is 1.15 bits per heavy atom. The van der Waals surface area contributed by atoms with E-state index in [1.807, 2.05) is 13.1 Å². The fraction of sp³-hybridized carbons (Fsp3) is 0.333. The fourth-order valence-electron chi connectivity index (χ4n) is 3.73. The molecule has 2 aromatic heterocycles. The molecule has 5 nitrogen and oxygen atoms in total. The van der Waals surface area contributed by atoms with Gasteiger partial charge in [-0.25, -0.2) is 0 Å². The Balaban J connectivity index is 1.65. The Hall–Kier alpha value is -2.35. The summed E-state index contributed by atoms with van der Waals surface area (Å²) >= 11 is 4.81. The summed E-state index contributed by atoms with van der Waals surface area (Å²) < 4.78 is 41.6. The zero-order valence-corrected chi connectivity index (χ0v) is 21.8. The topological polar surface area (TPSA) is 53.9 Å². The van der Waals surface area contributed by atoms with Crippen LogP contribution in [0.2, 0.25) is 0 Å². The van der Waals surface area contributed by atoms with Crippen LogP contribution in [0, 0.1) is 6.92 Å². The van der Waals surface area contributed by atoms with E-state index in [4.69, 9.17) is 17.2 Å². The molecule has 10 heteroatoms. The van der Waals surface area contributed by atoms with E-state index in [0.717, 1.165) is 47.1 Å². The second-order valence-electron chi connectivity index (χ2n) is 8.49. The third-order valence-corrected chi connectivity index (χ3v) is 8.06. The van der Waals surface area contributed by atoms with Crippen LogP contribution in [0.25, 0.3) is 11.3 Å². The Kier molecular flexibility index (Phi) is 7.36. The van der Waals surface area contributed by atoms with Gasteiger partial charge in [0, 0.05) is 0 Å². The number of anilines is 1. The number of thiocarbonyl (C=S) groups is 1. The summed E-state index contributed by atoms with van der Waals surface area (Å²) in [4.78, 5) is 16.6. The number of nitrogens with zero attached hydrogens (tertiary/aromatic N) is 4. The van der Waals surface area contributed by atoms with E-state index in [1.54, 1.807) is 6.20 Å². The Morgan fingerprint density at radius 3 is 2.68 bits per heavy atom. The van der Waals surface area contributed by atoms with Crippen molar-refractivity contribution >= 4 is 47.6 Å². The van der Waals surface area contributed by atoms with Gasteiger partial charge in [0.2, 0.25) is 0 Å². The van der Waals surface area contributed by atoms with E-state index in [2.05, 4.69) is 40.3 Å². The maximum absolute atomic E-state index is 13.3. The van der Waals surface area contributed by atoms with E-state index in [9.17, 15) is 13.2 Å². The average Bonchev–Trinajstić information content (AvgIpc) is 2.89. The van der Waals surface area contributed by atoms with Crippen LogP contribution in [0.5, 0.6) is 0 Å². The number of aryl methyl sites for hydroxylation is 2. The molecule has 0 saturated carbocycles. The van der Waals surface area contributed by atoms with Crippen LogP contribution < -0.4 is 14.3 Å². The predicted molar refractivity (Wildman–Crippen MR) is 133 cm³/mol. The molecular weight excluding hydrogens is 522 g/mol. The molecule has 0 unspecified atom stereocenters. The van der Waals surface area contributed by atoms with Crippen LogP contribution in [0.15, 0.2) is 36.7 Å². The number of fused-ring (bicyclic) bond motifs is 3. The van der Waals surface area contributed by atoms with Gasteiger partial charge in [-0.05, 0) is 0 Å². The van der Waals surface area contributed by atoms with Gasteiger partial charge in [-0.15, -0.1) is 0 Å². The van der Waals surface area contributed by atoms with Gasteiger partial charge in [0.15, 0.2) is 0 Å². The molecule has 0 fully saturated rings. The van der Waals surface area contributed by atoms with E-state index < -0.39 is 27.5 Å². The van der Waals surface area contributed by atoms with E-state index in [1.165, 1.54) is 11.6 Å². The van der Waals surface area contributed by atoms with Crippen molar-refractivity contribution in [3.63, 3.8) is 0 Å². The molecule has 0 saturated heterocycles. The summed E-state index contributed by atoms with van der Waals surface area (Å²) in [7, 11) is 4.12. The zero-order chi connectivity index (χ0) is 24.5. The quantitative estimate of drug-likeness (QED) is 0.379. The second kappa shape index (κ2) is 10.1. The molecular formula is C24H24AsF3N5S. The molecule has 0 amide bonds. The third-order valence-electron chi connectivity index (χ3n) is 5.49. The van der Waals surface area contributed by atoms with Crippen molar-refractivity contribution < 1.29 is 13.2 Å². The first-order valence-electron chi connectivity index (χ1n) is 10.8. The van der Waals surface area contributed by atoms with E-state index >= 15 is 0 Å². The molecule has 0 bridgehead atoms. The van der Waals surface area contributed by atoms with Crippen LogP contribution in [0.3, 0.4) is 0 Å². The van der Waals surface area contributed by atoms with Gasteiger partial charge in [-0.1, -0.05) is 0 Å². The van der Waals surface area contributed by atoms with Crippen LogP contribution in [-0.4, -0.2) is 61.2 Å². The number of aromatic nitrogens is 3. The molecule has 1 N–H and O–H groups in total. The number of nitrogens with one attached hydrogen (secondary N) is 1. The number of hydrogen-bond donors (Lipinski definition) is 1. The van der Waals surface area contributed by atoms with Gasteiger partial charge in [-0.3, -0.25) is 0 Å². The molecule has 0 aliphatic carbocycles. The van der Waals surface area contributed by atoms with E-state index in [-0.39, 0.29) is 0 Å². The minimum atomic E-state index is -4.43. The van der Waals surface area contributed by atoms with Gasteiger partial charge >= 0.3 is 209 Å².